The summed E-state index contributed by atoms with van der Waals surface area (Å²) in [5.74, 6) is 0. The van der Waals surface area contributed by atoms with Crippen LogP contribution in [0.3, 0.4) is 0 Å². The Balaban J connectivity index is 3.16. The van der Waals surface area contributed by atoms with Crippen LogP contribution in [0.15, 0.2) is 0 Å². The fraction of sp³-hybridized carbons (Fsp3) is 1.00. The maximum absolute atomic E-state index is 2.50. The number of nitrogens with zero attached hydrogens (tertiary/aromatic N) is 3. The molecule has 20 heavy (non-hydrogen) atoms. The Morgan fingerprint density at radius 2 is 1.05 bits per heavy atom. The molecule has 0 N–H and O–H groups in total. The summed E-state index contributed by atoms with van der Waals surface area (Å²) in [6, 6.07) is 0. The molecule has 0 unspecified atom stereocenters. The Kier molecular flexibility index (Phi) is 5.16. The summed E-state index contributed by atoms with van der Waals surface area (Å²) in [6.07, 6.45) is 1.11. The largest absolute Gasteiger partial charge is 0.360 e. The predicted octanol–water partition coefficient (Wildman–Crippen LogP) is 2.88. The molecule has 112 valence electrons. The third kappa shape index (κ3) is 4.05. The summed E-state index contributed by atoms with van der Waals surface area (Å²) in [5, 5.41) is 0. The fourth-order valence-electron chi connectivity index (χ4n) is 2.57. The van der Waals surface area contributed by atoms with Gasteiger partial charge >= 0.3 is 0 Å². The molecule has 2 radical (unpaired) electrons. The summed E-state index contributed by atoms with van der Waals surface area (Å²) < 4.78 is 7.35. The molecule has 0 bridgehead atoms. The minimum Gasteiger partial charge on any atom is -0.360 e. The van der Waals surface area contributed by atoms with Crippen molar-refractivity contribution in [3.63, 3.8) is 0 Å². The molecular formula is C14H32B3N3. The van der Waals surface area contributed by atoms with E-state index in [9.17, 15) is 0 Å². The lowest BCUT2D eigenvalue weighted by atomic mass is 9.51. The normalized spacial score (nSPS) is 20.8. The minimum atomic E-state index is 0.0890. The third-order valence-corrected chi connectivity index (χ3v) is 3.83. The molecule has 0 atom stereocenters. The third-order valence-electron chi connectivity index (χ3n) is 3.83. The van der Waals surface area contributed by atoms with E-state index in [2.05, 4.69) is 98.5 Å². The second-order valence-corrected chi connectivity index (χ2v) is 8.85. The van der Waals surface area contributed by atoms with Crippen LogP contribution >= 0.6 is 0 Å². The van der Waals surface area contributed by atoms with E-state index in [1.54, 1.807) is 0 Å². The van der Waals surface area contributed by atoms with E-state index in [0.717, 1.165) is 6.32 Å². The average Bonchev–Trinajstić information content (AvgIpc) is 2.23. The average molecular weight is 275 g/mol. The molecule has 1 saturated heterocycles. The van der Waals surface area contributed by atoms with Crippen molar-refractivity contribution in [2.24, 2.45) is 0 Å². The maximum Gasteiger partial charge on any atom is 0.291 e. The predicted molar refractivity (Wildman–Crippen MR) is 92.5 cm³/mol. The first-order valence-electron chi connectivity index (χ1n) is 7.84. The van der Waals surface area contributed by atoms with E-state index in [1.807, 2.05) is 0 Å². The van der Waals surface area contributed by atoms with Crippen molar-refractivity contribution in [3.8, 4) is 0 Å². The van der Waals surface area contributed by atoms with Gasteiger partial charge in [-0.1, -0.05) is 6.92 Å². The smallest absolute Gasteiger partial charge is 0.291 e. The second kappa shape index (κ2) is 5.70. The van der Waals surface area contributed by atoms with E-state index in [0.29, 0.717) is 6.98 Å². The van der Waals surface area contributed by atoms with Crippen LogP contribution in [-0.4, -0.2) is 52.9 Å². The van der Waals surface area contributed by atoms with Crippen molar-refractivity contribution < 1.29 is 0 Å². The molecule has 1 aliphatic rings. The zero-order valence-electron chi connectivity index (χ0n) is 15.3. The highest BCUT2D eigenvalue weighted by Crippen LogP contribution is 2.29. The first-order valence-corrected chi connectivity index (χ1v) is 7.84. The molecule has 6 heteroatoms. The van der Waals surface area contributed by atoms with Crippen LogP contribution in [0.25, 0.3) is 0 Å². The SMILES string of the molecule is CCB1N(C(C)(C)C)[B]N(C(C)(C)C)[B]N1C(C)(C)C. The number of rotatable bonds is 1. The van der Waals surface area contributed by atoms with Gasteiger partial charge in [-0.15, -0.1) is 0 Å². The highest BCUT2D eigenvalue weighted by molar-refractivity contribution is 6.74. The Hall–Kier alpha value is 0.0748. The van der Waals surface area contributed by atoms with E-state index < -0.39 is 0 Å². The Morgan fingerprint density at radius 3 is 1.25 bits per heavy atom. The van der Waals surface area contributed by atoms with Gasteiger partial charge in [-0.05, 0) is 85.3 Å². The van der Waals surface area contributed by atoms with Crippen molar-refractivity contribution in [2.45, 2.75) is 92.2 Å². The molecule has 0 spiro atoms. The lowest BCUT2D eigenvalue weighted by Gasteiger charge is -2.57. The summed E-state index contributed by atoms with van der Waals surface area (Å²) in [6.45, 7) is 23.2. The van der Waals surface area contributed by atoms with Gasteiger partial charge in [0.25, 0.3) is 22.1 Å². The highest BCUT2D eigenvalue weighted by atomic mass is 15.3. The zero-order chi connectivity index (χ0) is 15.9. The van der Waals surface area contributed by atoms with Crippen molar-refractivity contribution in [1.82, 2.24) is 14.2 Å². The monoisotopic (exact) mass is 275 g/mol. The van der Waals surface area contributed by atoms with Crippen LogP contribution in [0.5, 0.6) is 0 Å². The van der Waals surface area contributed by atoms with Gasteiger partial charge in [-0.25, -0.2) is 0 Å². The van der Waals surface area contributed by atoms with Crippen molar-refractivity contribution >= 4 is 22.1 Å². The molecular weight excluding hydrogens is 243 g/mol. The number of hydrogen-bond acceptors (Lipinski definition) is 3. The van der Waals surface area contributed by atoms with Gasteiger partial charge in [0.2, 0.25) is 0 Å². The van der Waals surface area contributed by atoms with Crippen LogP contribution in [-0.2, 0) is 0 Å². The van der Waals surface area contributed by atoms with E-state index in [-0.39, 0.29) is 16.6 Å². The maximum atomic E-state index is 2.50. The van der Waals surface area contributed by atoms with E-state index >= 15 is 0 Å². The van der Waals surface area contributed by atoms with Crippen LogP contribution < -0.4 is 0 Å². The molecule has 1 heterocycles. The van der Waals surface area contributed by atoms with Gasteiger partial charge in [0, 0.05) is 0 Å². The first kappa shape index (κ1) is 18.1. The highest BCUT2D eigenvalue weighted by Gasteiger charge is 2.47. The van der Waals surface area contributed by atoms with Crippen LogP contribution in [0.1, 0.15) is 69.2 Å². The summed E-state index contributed by atoms with van der Waals surface area (Å²) in [4.78, 5) is 0. The van der Waals surface area contributed by atoms with Gasteiger partial charge in [0.05, 0.1) is 0 Å². The molecule has 0 aromatic rings. The van der Waals surface area contributed by atoms with Crippen LogP contribution in [0.2, 0.25) is 6.32 Å². The molecule has 1 rings (SSSR count). The molecule has 0 saturated carbocycles. The number of hydrogen-bond donors (Lipinski definition) is 0. The molecule has 0 aromatic carbocycles. The van der Waals surface area contributed by atoms with Crippen LogP contribution in [0, 0.1) is 0 Å². The summed E-state index contributed by atoms with van der Waals surface area (Å²) >= 11 is 0. The zero-order valence-corrected chi connectivity index (χ0v) is 15.3. The Bertz CT molecular complexity index is 304. The standard InChI is InChI=1S/C14H32B3N3/c1-11-17-19(13(5,6)7)15-18(12(2,3)4)16-20(17)14(8,9)10/h11H2,1-10H3. The minimum absolute atomic E-state index is 0.0890. The second-order valence-electron chi connectivity index (χ2n) is 8.85. The lowest BCUT2D eigenvalue weighted by molar-refractivity contribution is 0.238. The van der Waals surface area contributed by atoms with E-state index in [1.165, 1.54) is 0 Å². The molecule has 0 amide bonds. The van der Waals surface area contributed by atoms with Crippen molar-refractivity contribution in [2.75, 3.05) is 0 Å². The molecule has 1 aliphatic heterocycles. The molecule has 0 aromatic heterocycles. The van der Waals surface area contributed by atoms with Gasteiger partial charge in [0.1, 0.15) is 0 Å². The van der Waals surface area contributed by atoms with Crippen molar-refractivity contribution in [3.05, 3.63) is 0 Å². The quantitative estimate of drug-likeness (QED) is 0.681. The summed E-state index contributed by atoms with van der Waals surface area (Å²) in [5.41, 5.74) is 0.315. The van der Waals surface area contributed by atoms with E-state index in [4.69, 9.17) is 0 Å². The summed E-state index contributed by atoms with van der Waals surface area (Å²) in [7, 11) is 4.60. The molecule has 1 fully saturated rings. The van der Waals surface area contributed by atoms with Gasteiger partial charge in [-0.2, -0.15) is 0 Å². The van der Waals surface area contributed by atoms with Crippen LogP contribution in [0.4, 0.5) is 0 Å². The van der Waals surface area contributed by atoms with Crippen molar-refractivity contribution in [1.29, 1.82) is 0 Å². The fourth-order valence-corrected chi connectivity index (χ4v) is 2.57. The van der Waals surface area contributed by atoms with Gasteiger partial charge in [-0.3, -0.25) is 0 Å². The van der Waals surface area contributed by atoms with Gasteiger partial charge < -0.3 is 14.2 Å². The molecule has 3 nitrogen and oxygen atoms in total. The van der Waals surface area contributed by atoms with Gasteiger partial charge in [0.15, 0.2) is 0 Å². The Morgan fingerprint density at radius 1 is 0.700 bits per heavy atom. The lowest BCUT2D eigenvalue weighted by Crippen LogP contribution is -2.76. The first-order chi connectivity index (χ1) is 8.78. The Labute approximate surface area is 129 Å². The molecule has 0 aliphatic carbocycles. The topological polar surface area (TPSA) is 9.72 Å².